The Balaban J connectivity index is 1.49. The number of amides is 1. The normalized spacial score (nSPS) is 16.9. The number of nitrogens with one attached hydrogen (secondary N) is 1. The molecule has 0 aromatic carbocycles. The van der Waals surface area contributed by atoms with Crippen LogP contribution in [0.25, 0.3) is 0 Å². The fraction of sp³-hybridized carbons (Fsp3) is 0.316. The number of hydrogen-bond donors (Lipinski definition) is 1. The van der Waals surface area contributed by atoms with Gasteiger partial charge >= 0.3 is 0 Å². The summed E-state index contributed by atoms with van der Waals surface area (Å²) in [6, 6.07) is 5.91. The Labute approximate surface area is 161 Å². The van der Waals surface area contributed by atoms with Crippen molar-refractivity contribution in [1.29, 1.82) is 0 Å². The fourth-order valence-corrected chi connectivity index (χ4v) is 4.07. The van der Waals surface area contributed by atoms with Gasteiger partial charge in [0.15, 0.2) is 0 Å². The van der Waals surface area contributed by atoms with Crippen LogP contribution in [0.3, 0.4) is 0 Å². The molecule has 3 aromatic heterocycles. The molecule has 138 valence electrons. The van der Waals surface area contributed by atoms with Gasteiger partial charge in [-0.15, -0.1) is 11.3 Å². The number of aromatic nitrogens is 4. The molecule has 4 rings (SSSR count). The van der Waals surface area contributed by atoms with E-state index in [4.69, 9.17) is 4.98 Å². The molecule has 8 heteroatoms. The summed E-state index contributed by atoms with van der Waals surface area (Å²) < 4.78 is 0. The van der Waals surface area contributed by atoms with Crippen LogP contribution >= 0.6 is 11.3 Å². The average molecular weight is 380 g/mol. The van der Waals surface area contributed by atoms with Crippen molar-refractivity contribution in [3.63, 3.8) is 0 Å². The van der Waals surface area contributed by atoms with Gasteiger partial charge in [-0.25, -0.2) is 15.0 Å². The molecule has 1 N–H and O–H groups in total. The van der Waals surface area contributed by atoms with Crippen molar-refractivity contribution in [2.45, 2.75) is 25.7 Å². The molecule has 7 nitrogen and oxygen atoms in total. The van der Waals surface area contributed by atoms with Crippen LogP contribution in [0.2, 0.25) is 0 Å². The zero-order valence-electron chi connectivity index (χ0n) is 15.0. The number of rotatable bonds is 4. The van der Waals surface area contributed by atoms with Gasteiger partial charge in [0.25, 0.3) is 5.91 Å². The number of thiazole rings is 1. The predicted molar refractivity (Wildman–Crippen MR) is 104 cm³/mol. The zero-order valence-corrected chi connectivity index (χ0v) is 15.8. The minimum atomic E-state index is 0.0774. The first-order valence-electron chi connectivity index (χ1n) is 8.90. The lowest BCUT2D eigenvalue weighted by Gasteiger charge is -2.32. The molecule has 0 unspecified atom stereocenters. The van der Waals surface area contributed by atoms with Crippen LogP contribution in [-0.2, 0) is 0 Å². The second-order valence-electron chi connectivity index (χ2n) is 6.52. The maximum absolute atomic E-state index is 12.8. The summed E-state index contributed by atoms with van der Waals surface area (Å²) in [5.74, 6) is 1.69. The molecule has 0 bridgehead atoms. The SMILES string of the molecule is Cc1ncsc1C(=O)N1CCC[C@H](c2cccc(Nc3cnccn3)n2)C1. The Morgan fingerprint density at radius 3 is 2.96 bits per heavy atom. The first-order chi connectivity index (χ1) is 13.2. The van der Waals surface area contributed by atoms with Gasteiger partial charge in [-0.2, -0.15) is 0 Å². The van der Waals surface area contributed by atoms with E-state index in [0.717, 1.165) is 41.5 Å². The first-order valence-corrected chi connectivity index (χ1v) is 9.78. The molecule has 0 saturated carbocycles. The van der Waals surface area contributed by atoms with Gasteiger partial charge in [0.2, 0.25) is 0 Å². The minimum Gasteiger partial charge on any atom is -0.337 e. The van der Waals surface area contributed by atoms with Gasteiger partial charge < -0.3 is 10.2 Å². The molecule has 1 amide bonds. The molecule has 4 heterocycles. The third kappa shape index (κ3) is 3.95. The molecule has 0 spiro atoms. The summed E-state index contributed by atoms with van der Waals surface area (Å²) >= 11 is 1.41. The molecule has 27 heavy (non-hydrogen) atoms. The second-order valence-corrected chi connectivity index (χ2v) is 7.38. The van der Waals surface area contributed by atoms with Crippen molar-refractivity contribution >= 4 is 28.9 Å². The van der Waals surface area contributed by atoms with Crippen molar-refractivity contribution in [2.24, 2.45) is 0 Å². The van der Waals surface area contributed by atoms with Crippen LogP contribution in [-0.4, -0.2) is 43.8 Å². The molecular formula is C19H20N6OS. The predicted octanol–water partition coefficient (Wildman–Crippen LogP) is 3.40. The maximum Gasteiger partial charge on any atom is 0.265 e. The van der Waals surface area contributed by atoms with E-state index in [0.29, 0.717) is 12.4 Å². The highest BCUT2D eigenvalue weighted by molar-refractivity contribution is 7.11. The van der Waals surface area contributed by atoms with Gasteiger partial charge in [0.1, 0.15) is 16.5 Å². The van der Waals surface area contributed by atoms with Crippen LogP contribution in [0.1, 0.15) is 39.8 Å². The molecule has 1 atom stereocenters. The first kappa shape index (κ1) is 17.5. The van der Waals surface area contributed by atoms with Gasteiger partial charge in [0.05, 0.1) is 17.4 Å². The van der Waals surface area contributed by atoms with Gasteiger partial charge in [-0.1, -0.05) is 6.07 Å². The summed E-state index contributed by atoms with van der Waals surface area (Å²) in [7, 11) is 0. The van der Waals surface area contributed by atoms with E-state index in [-0.39, 0.29) is 11.8 Å². The number of piperidine rings is 1. The van der Waals surface area contributed by atoms with Gasteiger partial charge in [0, 0.05) is 37.1 Å². The van der Waals surface area contributed by atoms with E-state index in [9.17, 15) is 4.79 Å². The molecule has 1 aliphatic rings. The number of nitrogens with zero attached hydrogens (tertiary/aromatic N) is 5. The fourth-order valence-electron chi connectivity index (χ4n) is 3.30. The monoisotopic (exact) mass is 380 g/mol. The van der Waals surface area contributed by atoms with Gasteiger partial charge in [-0.3, -0.25) is 9.78 Å². The van der Waals surface area contributed by atoms with Crippen molar-refractivity contribution in [1.82, 2.24) is 24.8 Å². The van der Waals surface area contributed by atoms with Crippen LogP contribution in [0.15, 0.2) is 42.3 Å². The Bertz CT molecular complexity index is 929. The number of carbonyl (C=O) groups excluding carboxylic acids is 1. The molecule has 0 radical (unpaired) electrons. The number of likely N-dealkylation sites (tertiary alicyclic amines) is 1. The number of hydrogen-bond acceptors (Lipinski definition) is 7. The summed E-state index contributed by atoms with van der Waals surface area (Å²) in [5.41, 5.74) is 3.52. The number of aryl methyl sites for hydroxylation is 1. The van der Waals surface area contributed by atoms with E-state index in [2.05, 4.69) is 20.3 Å². The zero-order chi connectivity index (χ0) is 18.6. The number of anilines is 2. The van der Waals surface area contributed by atoms with Crippen molar-refractivity contribution < 1.29 is 4.79 Å². The van der Waals surface area contributed by atoms with Crippen molar-refractivity contribution in [3.8, 4) is 0 Å². The summed E-state index contributed by atoms with van der Waals surface area (Å²) in [5, 5.41) is 3.18. The van der Waals surface area contributed by atoms with E-state index in [1.54, 1.807) is 24.1 Å². The Hall–Kier alpha value is -2.87. The molecular weight excluding hydrogens is 360 g/mol. The largest absolute Gasteiger partial charge is 0.337 e. The van der Waals surface area contributed by atoms with E-state index in [1.807, 2.05) is 30.0 Å². The second kappa shape index (κ2) is 7.79. The smallest absolute Gasteiger partial charge is 0.265 e. The summed E-state index contributed by atoms with van der Waals surface area (Å²) in [6.07, 6.45) is 6.92. The van der Waals surface area contributed by atoms with Crippen LogP contribution < -0.4 is 5.32 Å². The van der Waals surface area contributed by atoms with E-state index < -0.39 is 0 Å². The van der Waals surface area contributed by atoms with Crippen molar-refractivity contribution in [2.75, 3.05) is 18.4 Å². The Morgan fingerprint density at radius 2 is 2.19 bits per heavy atom. The molecule has 1 aliphatic heterocycles. The van der Waals surface area contributed by atoms with E-state index >= 15 is 0 Å². The standard InChI is InChI=1S/C19H20N6OS/c1-13-18(27-12-22-13)19(26)25-9-3-4-14(11-25)15-5-2-6-16(23-15)24-17-10-20-7-8-21-17/h2,5-8,10,12,14H,3-4,9,11H2,1H3,(H,21,23,24)/t14-/m0/s1. The molecule has 3 aromatic rings. The van der Waals surface area contributed by atoms with Crippen LogP contribution in [0.5, 0.6) is 0 Å². The Morgan fingerprint density at radius 1 is 1.26 bits per heavy atom. The Kier molecular flexibility index (Phi) is 5.06. The molecule has 0 aliphatic carbocycles. The highest BCUT2D eigenvalue weighted by atomic mass is 32.1. The van der Waals surface area contributed by atoms with E-state index in [1.165, 1.54) is 11.3 Å². The summed E-state index contributed by atoms with van der Waals surface area (Å²) in [4.78, 5) is 32.7. The lowest BCUT2D eigenvalue weighted by molar-refractivity contribution is 0.0710. The lowest BCUT2D eigenvalue weighted by Crippen LogP contribution is -2.39. The third-order valence-electron chi connectivity index (χ3n) is 4.66. The molecule has 1 saturated heterocycles. The highest BCUT2D eigenvalue weighted by Crippen LogP contribution is 2.28. The minimum absolute atomic E-state index is 0.0774. The third-order valence-corrected chi connectivity index (χ3v) is 5.57. The molecule has 1 fully saturated rings. The topological polar surface area (TPSA) is 83.9 Å². The van der Waals surface area contributed by atoms with Gasteiger partial charge in [-0.05, 0) is 31.9 Å². The quantitative estimate of drug-likeness (QED) is 0.747. The highest BCUT2D eigenvalue weighted by Gasteiger charge is 2.28. The number of carbonyl (C=O) groups is 1. The average Bonchev–Trinajstić information content (AvgIpc) is 3.14. The van der Waals surface area contributed by atoms with Crippen LogP contribution in [0, 0.1) is 6.92 Å². The van der Waals surface area contributed by atoms with Crippen LogP contribution in [0.4, 0.5) is 11.6 Å². The lowest BCUT2D eigenvalue weighted by atomic mass is 9.94. The number of pyridine rings is 1. The van der Waals surface area contributed by atoms with Crippen molar-refractivity contribution in [3.05, 3.63) is 58.6 Å². The summed E-state index contributed by atoms with van der Waals surface area (Å²) in [6.45, 7) is 3.34. The maximum atomic E-state index is 12.8.